The lowest BCUT2D eigenvalue weighted by Crippen LogP contribution is -2.36. The Morgan fingerprint density at radius 3 is 2.41 bits per heavy atom. The molecule has 17 heavy (non-hydrogen) atoms. The van der Waals surface area contributed by atoms with Crippen molar-refractivity contribution in [1.82, 2.24) is 0 Å². The highest BCUT2D eigenvalue weighted by molar-refractivity contribution is 5.72. The van der Waals surface area contributed by atoms with Gasteiger partial charge in [-0.1, -0.05) is 6.07 Å². The SMILES string of the molecule is Nc1c(N2CCOCC2)cccc1C(F)(F)F. The highest BCUT2D eigenvalue weighted by atomic mass is 19.4. The first kappa shape index (κ1) is 12.0. The molecule has 1 aromatic rings. The van der Waals surface area contributed by atoms with Gasteiger partial charge in [-0.2, -0.15) is 13.2 Å². The monoisotopic (exact) mass is 246 g/mol. The van der Waals surface area contributed by atoms with Gasteiger partial charge in [0.15, 0.2) is 0 Å². The van der Waals surface area contributed by atoms with Gasteiger partial charge in [0.05, 0.1) is 30.2 Å². The van der Waals surface area contributed by atoms with Crippen molar-refractivity contribution >= 4 is 11.4 Å². The van der Waals surface area contributed by atoms with Crippen LogP contribution in [-0.2, 0) is 10.9 Å². The standard InChI is InChI=1S/C11H13F3N2O/c12-11(13,14)8-2-1-3-9(10(8)15)16-4-6-17-7-5-16/h1-3H,4-7,15H2. The Hall–Kier alpha value is -1.43. The van der Waals surface area contributed by atoms with Crippen molar-refractivity contribution in [2.24, 2.45) is 0 Å². The maximum Gasteiger partial charge on any atom is 0.418 e. The van der Waals surface area contributed by atoms with E-state index in [0.29, 0.717) is 32.0 Å². The lowest BCUT2D eigenvalue weighted by Gasteiger charge is -2.30. The number of halogens is 3. The van der Waals surface area contributed by atoms with Gasteiger partial charge in [-0.3, -0.25) is 0 Å². The fourth-order valence-electron chi connectivity index (χ4n) is 1.88. The van der Waals surface area contributed by atoms with Gasteiger partial charge >= 0.3 is 6.18 Å². The van der Waals surface area contributed by atoms with Crippen molar-refractivity contribution in [1.29, 1.82) is 0 Å². The third-order valence-electron chi connectivity index (χ3n) is 2.74. The minimum Gasteiger partial charge on any atom is -0.397 e. The zero-order chi connectivity index (χ0) is 12.5. The third kappa shape index (κ3) is 2.46. The summed E-state index contributed by atoms with van der Waals surface area (Å²) in [5.41, 5.74) is 5.05. The molecule has 0 amide bonds. The van der Waals surface area contributed by atoms with Crippen LogP contribution in [0.5, 0.6) is 0 Å². The van der Waals surface area contributed by atoms with E-state index in [1.807, 2.05) is 4.90 Å². The van der Waals surface area contributed by atoms with Gasteiger partial charge < -0.3 is 15.4 Å². The minimum atomic E-state index is -4.41. The van der Waals surface area contributed by atoms with Crippen LogP contribution < -0.4 is 10.6 Å². The van der Waals surface area contributed by atoms with Crippen molar-refractivity contribution in [3.63, 3.8) is 0 Å². The molecule has 0 atom stereocenters. The molecule has 1 aliphatic rings. The number of morpholine rings is 1. The van der Waals surface area contributed by atoms with Gasteiger partial charge in [-0.05, 0) is 12.1 Å². The summed E-state index contributed by atoms with van der Waals surface area (Å²) in [4.78, 5) is 1.81. The van der Waals surface area contributed by atoms with E-state index in [9.17, 15) is 13.2 Å². The van der Waals surface area contributed by atoms with Crippen LogP contribution in [0.4, 0.5) is 24.5 Å². The average molecular weight is 246 g/mol. The van der Waals surface area contributed by atoms with E-state index in [1.165, 1.54) is 6.07 Å². The summed E-state index contributed by atoms with van der Waals surface area (Å²) in [5, 5.41) is 0. The zero-order valence-electron chi connectivity index (χ0n) is 9.13. The van der Waals surface area contributed by atoms with E-state index in [0.717, 1.165) is 6.07 Å². The average Bonchev–Trinajstić information content (AvgIpc) is 2.29. The predicted octanol–water partition coefficient (Wildman–Crippen LogP) is 2.12. The Labute approximate surface area is 97.0 Å². The van der Waals surface area contributed by atoms with Crippen LogP contribution in [0.1, 0.15) is 5.56 Å². The second kappa shape index (κ2) is 4.44. The van der Waals surface area contributed by atoms with E-state index in [2.05, 4.69) is 0 Å². The van der Waals surface area contributed by atoms with Crippen molar-refractivity contribution in [2.45, 2.75) is 6.18 Å². The maximum atomic E-state index is 12.7. The fourth-order valence-corrected chi connectivity index (χ4v) is 1.88. The van der Waals surface area contributed by atoms with Crippen LogP contribution in [-0.4, -0.2) is 26.3 Å². The summed E-state index contributed by atoms with van der Waals surface area (Å²) in [7, 11) is 0. The first-order valence-corrected chi connectivity index (χ1v) is 5.28. The second-order valence-electron chi connectivity index (χ2n) is 3.84. The summed E-state index contributed by atoms with van der Waals surface area (Å²) in [6.45, 7) is 2.14. The maximum absolute atomic E-state index is 12.7. The second-order valence-corrected chi connectivity index (χ2v) is 3.84. The van der Waals surface area contributed by atoms with E-state index in [1.54, 1.807) is 6.07 Å². The first-order chi connectivity index (χ1) is 8.00. The molecule has 94 valence electrons. The highest BCUT2D eigenvalue weighted by Crippen LogP contribution is 2.38. The van der Waals surface area contributed by atoms with Crippen LogP contribution in [0.15, 0.2) is 18.2 Å². The molecule has 1 fully saturated rings. The number of para-hydroxylation sites is 1. The van der Waals surface area contributed by atoms with Crippen molar-refractivity contribution < 1.29 is 17.9 Å². The summed E-state index contributed by atoms with van der Waals surface area (Å²) in [5.74, 6) is 0. The van der Waals surface area contributed by atoms with Crippen LogP contribution >= 0.6 is 0 Å². The normalized spacial score (nSPS) is 17.2. The number of nitrogen functional groups attached to an aromatic ring is 1. The molecule has 0 saturated carbocycles. The number of nitrogens with zero attached hydrogens (tertiary/aromatic N) is 1. The molecule has 0 aliphatic carbocycles. The topological polar surface area (TPSA) is 38.5 Å². The molecule has 1 aromatic carbocycles. The largest absolute Gasteiger partial charge is 0.418 e. The summed E-state index contributed by atoms with van der Waals surface area (Å²) < 4.78 is 43.2. The van der Waals surface area contributed by atoms with Crippen LogP contribution in [0, 0.1) is 0 Å². The number of anilines is 2. The highest BCUT2D eigenvalue weighted by Gasteiger charge is 2.34. The van der Waals surface area contributed by atoms with E-state index in [-0.39, 0.29) is 5.69 Å². The molecule has 2 rings (SSSR count). The number of benzene rings is 1. The van der Waals surface area contributed by atoms with Crippen LogP contribution in [0.3, 0.4) is 0 Å². The van der Waals surface area contributed by atoms with Crippen LogP contribution in [0.25, 0.3) is 0 Å². The Kier molecular flexibility index (Phi) is 3.15. The van der Waals surface area contributed by atoms with E-state index >= 15 is 0 Å². The molecular weight excluding hydrogens is 233 g/mol. The number of hydrogen-bond acceptors (Lipinski definition) is 3. The molecule has 1 heterocycles. The summed E-state index contributed by atoms with van der Waals surface area (Å²) >= 11 is 0. The first-order valence-electron chi connectivity index (χ1n) is 5.28. The quantitative estimate of drug-likeness (QED) is 0.771. The molecule has 0 bridgehead atoms. The minimum absolute atomic E-state index is 0.207. The van der Waals surface area contributed by atoms with Crippen molar-refractivity contribution in [3.05, 3.63) is 23.8 Å². The molecule has 1 aliphatic heterocycles. The molecule has 1 saturated heterocycles. The zero-order valence-corrected chi connectivity index (χ0v) is 9.13. The number of ether oxygens (including phenoxy) is 1. The van der Waals surface area contributed by atoms with Gasteiger partial charge in [-0.15, -0.1) is 0 Å². The van der Waals surface area contributed by atoms with Gasteiger partial charge in [0.2, 0.25) is 0 Å². The lowest BCUT2D eigenvalue weighted by molar-refractivity contribution is -0.136. The molecule has 6 heteroatoms. The van der Waals surface area contributed by atoms with Crippen molar-refractivity contribution in [3.8, 4) is 0 Å². The fraction of sp³-hybridized carbons (Fsp3) is 0.455. The van der Waals surface area contributed by atoms with E-state index in [4.69, 9.17) is 10.5 Å². The van der Waals surface area contributed by atoms with Gasteiger partial charge in [0.25, 0.3) is 0 Å². The molecule has 0 aromatic heterocycles. The number of rotatable bonds is 1. The molecule has 0 spiro atoms. The van der Waals surface area contributed by atoms with Crippen LogP contribution in [0.2, 0.25) is 0 Å². The molecule has 2 N–H and O–H groups in total. The predicted molar refractivity (Wildman–Crippen MR) is 58.9 cm³/mol. The Balaban J connectivity index is 2.35. The Bertz CT molecular complexity index is 400. The lowest BCUT2D eigenvalue weighted by atomic mass is 10.1. The number of hydrogen-bond donors (Lipinski definition) is 1. The Morgan fingerprint density at radius 2 is 1.82 bits per heavy atom. The molecule has 0 radical (unpaired) electrons. The smallest absolute Gasteiger partial charge is 0.397 e. The summed E-state index contributed by atoms with van der Waals surface area (Å²) in [6, 6.07) is 3.99. The summed E-state index contributed by atoms with van der Waals surface area (Å²) in [6.07, 6.45) is -4.41. The number of nitrogens with two attached hydrogens (primary N) is 1. The molecule has 3 nitrogen and oxygen atoms in total. The Morgan fingerprint density at radius 1 is 1.18 bits per heavy atom. The van der Waals surface area contributed by atoms with Gasteiger partial charge in [0.1, 0.15) is 0 Å². The van der Waals surface area contributed by atoms with Gasteiger partial charge in [0, 0.05) is 13.1 Å². The van der Waals surface area contributed by atoms with Gasteiger partial charge in [-0.25, -0.2) is 0 Å². The van der Waals surface area contributed by atoms with E-state index < -0.39 is 11.7 Å². The van der Waals surface area contributed by atoms with Crippen molar-refractivity contribution in [2.75, 3.05) is 36.9 Å². The molecular formula is C11H13F3N2O. The molecule has 0 unspecified atom stereocenters. The number of alkyl halides is 3. The third-order valence-corrected chi connectivity index (χ3v) is 2.74.